The van der Waals surface area contributed by atoms with Gasteiger partial charge in [0.15, 0.2) is 24.8 Å². The first kappa shape index (κ1) is 20.9. The molecule has 10 atom stereocenters. The van der Waals surface area contributed by atoms with E-state index in [1.807, 2.05) is 0 Å². The molecule has 150 valence electrons. The molecule has 2 saturated heterocycles. The van der Waals surface area contributed by atoms with Crippen molar-refractivity contribution in [2.75, 3.05) is 7.11 Å². The molecule has 12 nitrogen and oxygen atoms in total. The molecule has 0 aromatic heterocycles. The highest BCUT2D eigenvalue weighted by atomic mass is 16.7. The van der Waals surface area contributed by atoms with Gasteiger partial charge in [-0.05, 0) is 0 Å². The van der Waals surface area contributed by atoms with Crippen LogP contribution in [0, 0.1) is 5.92 Å². The Morgan fingerprint density at radius 3 is 1.81 bits per heavy atom. The Morgan fingerprint density at radius 1 is 0.808 bits per heavy atom. The van der Waals surface area contributed by atoms with E-state index in [0.717, 1.165) is 7.11 Å². The Kier molecular flexibility index (Phi) is 6.52. The molecule has 6 N–H and O–H groups in total. The van der Waals surface area contributed by atoms with Gasteiger partial charge in [0.2, 0.25) is 0 Å². The van der Waals surface area contributed by atoms with E-state index >= 15 is 0 Å². The van der Waals surface area contributed by atoms with Gasteiger partial charge in [-0.25, -0.2) is 9.59 Å². The van der Waals surface area contributed by atoms with Gasteiger partial charge in [-0.2, -0.15) is 0 Å². The lowest BCUT2D eigenvalue weighted by Crippen LogP contribution is -2.64. The highest BCUT2D eigenvalue weighted by Crippen LogP contribution is 2.31. The first-order valence-electron chi connectivity index (χ1n) is 7.77. The molecule has 26 heavy (non-hydrogen) atoms. The Bertz CT molecular complexity index is 526. The number of aliphatic carboxylic acids is 2. The van der Waals surface area contributed by atoms with E-state index in [1.165, 1.54) is 6.92 Å². The van der Waals surface area contributed by atoms with Gasteiger partial charge in [0, 0.05) is 13.0 Å². The molecule has 0 aromatic rings. The van der Waals surface area contributed by atoms with Crippen LogP contribution >= 0.6 is 0 Å². The van der Waals surface area contributed by atoms with Crippen LogP contribution in [0.5, 0.6) is 0 Å². The summed E-state index contributed by atoms with van der Waals surface area (Å²) < 4.78 is 20.1. The molecule has 0 spiro atoms. The van der Waals surface area contributed by atoms with E-state index in [4.69, 9.17) is 24.1 Å². The van der Waals surface area contributed by atoms with Crippen LogP contribution in [-0.2, 0) is 28.5 Å². The van der Waals surface area contributed by atoms with Crippen molar-refractivity contribution >= 4 is 11.9 Å². The molecule has 0 amide bonds. The maximum atomic E-state index is 11.4. The largest absolute Gasteiger partial charge is 0.479 e. The summed E-state index contributed by atoms with van der Waals surface area (Å²) in [7, 11) is 1.13. The molecule has 0 saturated carbocycles. The van der Waals surface area contributed by atoms with Gasteiger partial charge in [0.05, 0.1) is 6.10 Å². The second-order valence-electron chi connectivity index (χ2n) is 6.18. The zero-order valence-corrected chi connectivity index (χ0v) is 13.9. The summed E-state index contributed by atoms with van der Waals surface area (Å²) in [6.45, 7) is 1.34. The smallest absolute Gasteiger partial charge is 0.335 e. The van der Waals surface area contributed by atoms with Crippen molar-refractivity contribution in [2.45, 2.75) is 62.2 Å². The number of hydrogen-bond acceptors (Lipinski definition) is 10. The highest BCUT2D eigenvalue weighted by Gasteiger charge is 2.53. The maximum Gasteiger partial charge on any atom is 0.335 e. The lowest BCUT2D eigenvalue weighted by molar-refractivity contribution is -0.344. The molecule has 2 aliphatic heterocycles. The molecule has 2 heterocycles. The van der Waals surface area contributed by atoms with Crippen LogP contribution in [0.25, 0.3) is 0 Å². The van der Waals surface area contributed by atoms with E-state index in [0.29, 0.717) is 0 Å². The van der Waals surface area contributed by atoms with Crippen LogP contribution in [0.4, 0.5) is 0 Å². The van der Waals surface area contributed by atoms with Crippen LogP contribution in [-0.4, -0.2) is 105 Å². The second-order valence-corrected chi connectivity index (χ2v) is 6.18. The van der Waals surface area contributed by atoms with Gasteiger partial charge in [0.25, 0.3) is 0 Å². The Labute approximate surface area is 147 Å². The average Bonchev–Trinajstić information content (AvgIpc) is 2.58. The second kappa shape index (κ2) is 8.10. The zero-order chi connectivity index (χ0) is 19.8. The van der Waals surface area contributed by atoms with Crippen molar-refractivity contribution in [3.05, 3.63) is 0 Å². The molecule has 4 unspecified atom stereocenters. The van der Waals surface area contributed by atoms with Crippen molar-refractivity contribution in [1.29, 1.82) is 0 Å². The van der Waals surface area contributed by atoms with Crippen molar-refractivity contribution in [3.8, 4) is 0 Å². The van der Waals surface area contributed by atoms with E-state index in [9.17, 15) is 35.1 Å². The summed E-state index contributed by atoms with van der Waals surface area (Å²) >= 11 is 0. The number of ether oxygens (including phenoxy) is 4. The summed E-state index contributed by atoms with van der Waals surface area (Å²) in [5.74, 6) is -3.96. The van der Waals surface area contributed by atoms with E-state index in [2.05, 4.69) is 0 Å². The van der Waals surface area contributed by atoms with Crippen LogP contribution < -0.4 is 0 Å². The fraction of sp³-hybridized carbons (Fsp3) is 0.857. The summed E-state index contributed by atoms with van der Waals surface area (Å²) in [6, 6.07) is 0. The molecule has 2 rings (SSSR count). The van der Waals surface area contributed by atoms with Crippen LogP contribution in [0.3, 0.4) is 0 Å². The van der Waals surface area contributed by atoms with Gasteiger partial charge in [-0.15, -0.1) is 0 Å². The van der Waals surface area contributed by atoms with E-state index in [-0.39, 0.29) is 0 Å². The fourth-order valence-corrected chi connectivity index (χ4v) is 2.93. The SMILES string of the molecule is CO[C@@H]1OC(C(=O)O)[C@H](O[C@@H]2OC(C(=O)O)[C@H](C)[C@H](O)C2O)[C@H](O)C1O. The standard InChI is InChI=1S/C14H22O12/c1-3-4(15)6(17)14(24-8(3)11(19)20)25-9-5(16)7(18)13(23-2)26-10(9)12(21)22/h3-10,13-18H,1-2H3,(H,19,20)(H,21,22)/t3-,4+,5-,6?,7?,8?,9-,10?,13-,14+/m1/s1. The molecule has 0 radical (unpaired) electrons. The molecule has 2 fully saturated rings. The Morgan fingerprint density at radius 2 is 1.31 bits per heavy atom. The molecule has 0 bridgehead atoms. The van der Waals surface area contributed by atoms with Crippen LogP contribution in [0.15, 0.2) is 0 Å². The summed E-state index contributed by atoms with van der Waals surface area (Å²) in [6.07, 6.45) is -15.1. The number of rotatable bonds is 5. The van der Waals surface area contributed by atoms with Crippen LogP contribution in [0.2, 0.25) is 0 Å². The molecule has 2 aliphatic rings. The molecule has 12 heteroatoms. The van der Waals surface area contributed by atoms with Crippen molar-refractivity contribution < 1.29 is 59.2 Å². The first-order valence-corrected chi connectivity index (χ1v) is 7.77. The average molecular weight is 382 g/mol. The number of carboxylic acid groups (broad SMARTS) is 2. The minimum absolute atomic E-state index is 0.978. The van der Waals surface area contributed by atoms with E-state index < -0.39 is 73.2 Å². The number of aliphatic hydroxyl groups is 4. The van der Waals surface area contributed by atoms with Crippen LogP contribution in [0.1, 0.15) is 6.92 Å². The number of hydrogen-bond donors (Lipinski definition) is 6. The monoisotopic (exact) mass is 382 g/mol. The van der Waals surface area contributed by atoms with Crippen molar-refractivity contribution in [2.24, 2.45) is 5.92 Å². The topological polar surface area (TPSA) is 192 Å². The summed E-state index contributed by atoms with van der Waals surface area (Å²) in [5, 5.41) is 58.5. The van der Waals surface area contributed by atoms with Crippen molar-refractivity contribution in [1.82, 2.24) is 0 Å². The minimum Gasteiger partial charge on any atom is -0.479 e. The third kappa shape index (κ3) is 3.82. The molecular formula is C14H22O12. The molecule has 0 aliphatic carbocycles. The minimum atomic E-state index is -1.81. The molecule has 0 aromatic carbocycles. The predicted molar refractivity (Wildman–Crippen MR) is 77.7 cm³/mol. The van der Waals surface area contributed by atoms with E-state index in [1.54, 1.807) is 0 Å². The first-order chi connectivity index (χ1) is 12.1. The van der Waals surface area contributed by atoms with Gasteiger partial charge in [-0.3, -0.25) is 0 Å². The lowest BCUT2D eigenvalue weighted by Gasteiger charge is -2.44. The number of carboxylic acids is 2. The quantitative estimate of drug-likeness (QED) is 0.278. The summed E-state index contributed by atoms with van der Waals surface area (Å²) in [4.78, 5) is 22.6. The van der Waals surface area contributed by atoms with Crippen molar-refractivity contribution in [3.63, 3.8) is 0 Å². The zero-order valence-electron chi connectivity index (χ0n) is 13.9. The fourth-order valence-electron chi connectivity index (χ4n) is 2.93. The van der Waals surface area contributed by atoms with Gasteiger partial charge >= 0.3 is 11.9 Å². The van der Waals surface area contributed by atoms with Gasteiger partial charge in [0.1, 0.15) is 24.4 Å². The normalized spacial score (nSPS) is 46.7. The van der Waals surface area contributed by atoms with Gasteiger partial charge in [-0.1, -0.05) is 6.92 Å². The summed E-state index contributed by atoms with van der Waals surface area (Å²) in [5.41, 5.74) is 0. The maximum absolute atomic E-state index is 11.4. The lowest BCUT2D eigenvalue weighted by atomic mass is 9.90. The van der Waals surface area contributed by atoms with Gasteiger partial charge < -0.3 is 49.6 Å². The third-order valence-electron chi connectivity index (χ3n) is 4.48. The third-order valence-corrected chi connectivity index (χ3v) is 4.48. The predicted octanol–water partition coefficient (Wildman–Crippen LogP) is -3.28. The molecular weight excluding hydrogens is 360 g/mol. The number of methoxy groups -OCH3 is 1. The number of carbonyl (C=O) groups is 2. The highest BCUT2D eigenvalue weighted by molar-refractivity contribution is 5.73. The Balaban J connectivity index is 2.22. The number of aliphatic hydroxyl groups excluding tert-OH is 4. The Hall–Kier alpha value is -1.38.